The zero-order chi connectivity index (χ0) is 17.3. The lowest BCUT2D eigenvalue weighted by atomic mass is 10.1. The van der Waals surface area contributed by atoms with Crippen LogP contribution in [0.25, 0.3) is 11.0 Å². The summed E-state index contributed by atoms with van der Waals surface area (Å²) in [5.74, 6) is 0. The molecule has 1 fully saturated rings. The summed E-state index contributed by atoms with van der Waals surface area (Å²) in [6.07, 6.45) is 3.49. The van der Waals surface area contributed by atoms with Gasteiger partial charge in [-0.25, -0.2) is 9.78 Å². The second kappa shape index (κ2) is 6.43. The number of hydrogen-bond acceptors (Lipinski definition) is 3. The largest absolute Gasteiger partial charge is 0.465 e. The summed E-state index contributed by atoms with van der Waals surface area (Å²) in [6, 6.07) is 5.67. The van der Waals surface area contributed by atoms with Crippen LogP contribution >= 0.6 is 0 Å². The molecule has 1 N–H and O–H groups in total. The Morgan fingerprint density at radius 3 is 2.58 bits per heavy atom. The molecule has 0 spiro atoms. The zero-order valence-corrected chi connectivity index (χ0v) is 14.7. The van der Waals surface area contributed by atoms with Crippen LogP contribution in [0.5, 0.6) is 0 Å². The Kier molecular flexibility index (Phi) is 4.49. The van der Waals surface area contributed by atoms with Gasteiger partial charge in [0, 0.05) is 24.3 Å². The topological polar surface area (TPSA) is 61.6 Å². The maximum atomic E-state index is 11.7. The van der Waals surface area contributed by atoms with Gasteiger partial charge >= 0.3 is 6.09 Å². The molecule has 3 rings (SSSR count). The number of carboxylic acid groups (broad SMARTS) is 1. The predicted molar refractivity (Wildman–Crippen MR) is 95.7 cm³/mol. The summed E-state index contributed by atoms with van der Waals surface area (Å²) >= 11 is 0. The van der Waals surface area contributed by atoms with Gasteiger partial charge in [-0.3, -0.25) is 4.90 Å². The van der Waals surface area contributed by atoms with E-state index in [4.69, 9.17) is 0 Å². The minimum absolute atomic E-state index is 0.500. The van der Waals surface area contributed by atoms with E-state index in [1.54, 1.807) is 0 Å². The number of aromatic nitrogens is 2. The van der Waals surface area contributed by atoms with Crippen molar-refractivity contribution in [2.45, 2.75) is 45.7 Å². The number of imidazole rings is 1. The molecule has 130 valence electrons. The second-order valence-corrected chi connectivity index (χ2v) is 7.45. The van der Waals surface area contributed by atoms with Gasteiger partial charge in [-0.15, -0.1) is 0 Å². The molecule has 1 aliphatic heterocycles. The van der Waals surface area contributed by atoms with Crippen molar-refractivity contribution >= 4 is 22.8 Å². The molecular formula is C18H26N4O2. The number of hydrogen-bond donors (Lipinski definition) is 1. The maximum absolute atomic E-state index is 11.7. The number of fused-ring (bicyclic) bond motifs is 1. The van der Waals surface area contributed by atoms with Gasteiger partial charge in [0.2, 0.25) is 0 Å². The lowest BCUT2D eigenvalue weighted by Gasteiger charge is -2.33. The first-order valence-electron chi connectivity index (χ1n) is 8.57. The lowest BCUT2D eigenvalue weighted by Crippen LogP contribution is -2.45. The molecule has 2 aromatic rings. The SMILES string of the molecule is CC(C)(C)N(C(=O)O)c1ccc2ncn(CCN3CCCC3)c2c1. The van der Waals surface area contributed by atoms with Crippen molar-refractivity contribution in [1.82, 2.24) is 14.5 Å². The molecule has 0 bridgehead atoms. The smallest absolute Gasteiger partial charge is 0.412 e. The standard InChI is InChI=1S/C18H26N4O2/c1-18(2,3)22(17(23)24)14-6-7-15-16(12-14)21(13-19-15)11-10-20-8-4-5-9-20/h6-7,12-13H,4-5,8-11H2,1-3H3,(H,23,24). The molecular weight excluding hydrogens is 304 g/mol. The summed E-state index contributed by atoms with van der Waals surface area (Å²) in [4.78, 5) is 20.0. The van der Waals surface area contributed by atoms with Crippen LogP contribution in [0.1, 0.15) is 33.6 Å². The fourth-order valence-corrected chi connectivity index (χ4v) is 3.40. The molecule has 2 heterocycles. The number of carbonyl (C=O) groups is 1. The van der Waals surface area contributed by atoms with Crippen molar-refractivity contribution in [2.24, 2.45) is 0 Å². The molecule has 1 aromatic heterocycles. The average Bonchev–Trinajstić information content (AvgIpc) is 3.12. The molecule has 6 nitrogen and oxygen atoms in total. The second-order valence-electron chi connectivity index (χ2n) is 7.45. The first kappa shape index (κ1) is 16.8. The van der Waals surface area contributed by atoms with Gasteiger partial charge in [0.15, 0.2) is 0 Å². The van der Waals surface area contributed by atoms with Gasteiger partial charge in [-0.1, -0.05) is 0 Å². The number of amides is 1. The third-order valence-electron chi connectivity index (χ3n) is 4.58. The Hall–Kier alpha value is -2.08. The van der Waals surface area contributed by atoms with Crippen LogP contribution in [0.4, 0.5) is 10.5 Å². The number of nitrogens with zero attached hydrogens (tertiary/aromatic N) is 4. The zero-order valence-electron chi connectivity index (χ0n) is 14.7. The van der Waals surface area contributed by atoms with E-state index in [2.05, 4.69) is 14.5 Å². The van der Waals surface area contributed by atoms with Crippen molar-refractivity contribution < 1.29 is 9.90 Å². The lowest BCUT2D eigenvalue weighted by molar-refractivity contribution is 0.195. The molecule has 0 unspecified atom stereocenters. The molecule has 0 saturated carbocycles. The summed E-state index contributed by atoms with van der Waals surface area (Å²) in [7, 11) is 0. The Labute approximate surface area is 142 Å². The Bertz CT molecular complexity index is 726. The fourth-order valence-electron chi connectivity index (χ4n) is 3.40. The van der Waals surface area contributed by atoms with Crippen LogP contribution in [0.15, 0.2) is 24.5 Å². The van der Waals surface area contributed by atoms with E-state index < -0.39 is 11.6 Å². The van der Waals surface area contributed by atoms with E-state index in [1.807, 2.05) is 45.3 Å². The minimum atomic E-state index is -0.940. The summed E-state index contributed by atoms with van der Waals surface area (Å²) < 4.78 is 2.12. The monoisotopic (exact) mass is 330 g/mol. The number of anilines is 1. The van der Waals surface area contributed by atoms with Crippen molar-refractivity contribution in [3.8, 4) is 0 Å². The average molecular weight is 330 g/mol. The van der Waals surface area contributed by atoms with Crippen LogP contribution in [-0.2, 0) is 6.54 Å². The molecule has 1 saturated heterocycles. The van der Waals surface area contributed by atoms with Gasteiger partial charge in [0.1, 0.15) is 0 Å². The van der Waals surface area contributed by atoms with Gasteiger partial charge < -0.3 is 14.6 Å². The highest BCUT2D eigenvalue weighted by molar-refractivity contribution is 5.91. The predicted octanol–water partition coefficient (Wildman–Crippen LogP) is 3.42. The van der Waals surface area contributed by atoms with Gasteiger partial charge in [-0.05, 0) is 64.9 Å². The van der Waals surface area contributed by atoms with E-state index >= 15 is 0 Å². The van der Waals surface area contributed by atoms with Crippen LogP contribution in [0, 0.1) is 0 Å². The highest BCUT2D eigenvalue weighted by atomic mass is 16.4. The van der Waals surface area contributed by atoms with Gasteiger partial charge in [0.05, 0.1) is 17.4 Å². The van der Waals surface area contributed by atoms with E-state index in [1.165, 1.54) is 30.8 Å². The van der Waals surface area contributed by atoms with Crippen molar-refractivity contribution in [3.63, 3.8) is 0 Å². The quantitative estimate of drug-likeness (QED) is 0.933. The molecule has 0 atom stereocenters. The van der Waals surface area contributed by atoms with E-state index in [9.17, 15) is 9.90 Å². The Morgan fingerprint density at radius 2 is 1.96 bits per heavy atom. The summed E-state index contributed by atoms with van der Waals surface area (Å²) in [5, 5.41) is 9.60. The highest BCUT2D eigenvalue weighted by Gasteiger charge is 2.28. The summed E-state index contributed by atoms with van der Waals surface area (Å²) in [6.45, 7) is 9.94. The van der Waals surface area contributed by atoms with E-state index in [0.29, 0.717) is 5.69 Å². The minimum Gasteiger partial charge on any atom is -0.465 e. The third-order valence-corrected chi connectivity index (χ3v) is 4.58. The van der Waals surface area contributed by atoms with Crippen LogP contribution in [-0.4, -0.2) is 50.8 Å². The molecule has 1 amide bonds. The third kappa shape index (κ3) is 3.38. The first-order valence-corrected chi connectivity index (χ1v) is 8.57. The van der Waals surface area contributed by atoms with Crippen LogP contribution in [0.2, 0.25) is 0 Å². The normalized spacial score (nSPS) is 16.0. The number of benzene rings is 1. The molecule has 1 aliphatic rings. The maximum Gasteiger partial charge on any atom is 0.412 e. The first-order chi connectivity index (χ1) is 11.4. The van der Waals surface area contributed by atoms with Gasteiger partial charge in [-0.2, -0.15) is 0 Å². The van der Waals surface area contributed by atoms with Crippen LogP contribution < -0.4 is 4.90 Å². The molecule has 24 heavy (non-hydrogen) atoms. The number of likely N-dealkylation sites (tertiary alicyclic amines) is 1. The fraction of sp³-hybridized carbons (Fsp3) is 0.556. The van der Waals surface area contributed by atoms with E-state index in [-0.39, 0.29) is 0 Å². The van der Waals surface area contributed by atoms with Crippen molar-refractivity contribution in [3.05, 3.63) is 24.5 Å². The van der Waals surface area contributed by atoms with E-state index in [0.717, 1.165) is 24.1 Å². The Balaban J connectivity index is 1.88. The number of rotatable bonds is 4. The summed E-state index contributed by atoms with van der Waals surface area (Å²) in [5.41, 5.74) is 2.08. The molecule has 0 aliphatic carbocycles. The van der Waals surface area contributed by atoms with Crippen molar-refractivity contribution in [1.29, 1.82) is 0 Å². The van der Waals surface area contributed by atoms with Gasteiger partial charge in [0.25, 0.3) is 0 Å². The molecule has 6 heteroatoms. The van der Waals surface area contributed by atoms with Crippen molar-refractivity contribution in [2.75, 3.05) is 24.5 Å². The highest BCUT2D eigenvalue weighted by Crippen LogP contribution is 2.27. The molecule has 0 radical (unpaired) electrons. The van der Waals surface area contributed by atoms with Crippen LogP contribution in [0.3, 0.4) is 0 Å². The molecule has 1 aromatic carbocycles. The Morgan fingerprint density at radius 1 is 1.25 bits per heavy atom.